The molecule has 0 aliphatic carbocycles. The third kappa shape index (κ3) is 6.11. The van der Waals surface area contributed by atoms with Crippen LogP contribution in [0.1, 0.15) is 22.3 Å². The number of para-hydroxylation sites is 1. The molecule has 0 atom stereocenters. The summed E-state index contributed by atoms with van der Waals surface area (Å²) in [5.41, 5.74) is 1.74. The molecule has 25 heavy (non-hydrogen) atoms. The van der Waals surface area contributed by atoms with E-state index in [4.69, 9.17) is 4.74 Å². The van der Waals surface area contributed by atoms with Gasteiger partial charge in [-0.2, -0.15) is 0 Å². The van der Waals surface area contributed by atoms with E-state index >= 15 is 0 Å². The molecule has 2 aromatic carbocycles. The molecule has 0 unspecified atom stereocenters. The molecule has 2 aromatic rings. The molecule has 0 radical (unpaired) electrons. The third-order valence-corrected chi connectivity index (χ3v) is 4.14. The summed E-state index contributed by atoms with van der Waals surface area (Å²) in [7, 11) is -1.81. The number of anilines is 1. The van der Waals surface area contributed by atoms with Gasteiger partial charge >= 0.3 is 0 Å². The average Bonchev–Trinajstić information content (AvgIpc) is 2.58. The summed E-state index contributed by atoms with van der Waals surface area (Å²) in [6.07, 6.45) is 2.66. The first kappa shape index (κ1) is 18.8. The van der Waals surface area contributed by atoms with Gasteiger partial charge in [0.1, 0.15) is 5.75 Å². The first-order valence-corrected chi connectivity index (χ1v) is 9.76. The molecule has 134 valence electrons. The molecule has 0 bridgehead atoms. The zero-order valence-corrected chi connectivity index (χ0v) is 15.1. The van der Waals surface area contributed by atoms with E-state index in [1.807, 2.05) is 24.3 Å². The molecule has 0 saturated heterocycles. The van der Waals surface area contributed by atoms with E-state index < -0.39 is 10.0 Å². The number of carbonyl (C=O) groups excluding carboxylic acids is 1. The van der Waals surface area contributed by atoms with Crippen LogP contribution in [0.15, 0.2) is 48.5 Å². The number of hydrogen-bond donors (Lipinski definition) is 2. The number of hydrogen-bond acceptors (Lipinski definition) is 4. The highest BCUT2D eigenvalue weighted by Crippen LogP contribution is 2.16. The second kappa shape index (κ2) is 8.53. The molecule has 6 nitrogen and oxygen atoms in total. The number of benzene rings is 2. The van der Waals surface area contributed by atoms with E-state index in [0.717, 1.165) is 30.4 Å². The Morgan fingerprint density at radius 3 is 2.40 bits per heavy atom. The van der Waals surface area contributed by atoms with Gasteiger partial charge in [0.25, 0.3) is 5.91 Å². The smallest absolute Gasteiger partial charge is 0.253 e. The lowest BCUT2D eigenvalue weighted by molar-refractivity contribution is 0.0954. The van der Waals surface area contributed by atoms with Gasteiger partial charge < -0.3 is 10.1 Å². The van der Waals surface area contributed by atoms with Crippen LogP contribution in [0.4, 0.5) is 5.69 Å². The first-order valence-electron chi connectivity index (χ1n) is 7.87. The lowest BCUT2D eigenvalue weighted by Crippen LogP contribution is -2.26. The van der Waals surface area contributed by atoms with E-state index in [1.54, 1.807) is 31.4 Å². The number of sulfonamides is 1. The van der Waals surface area contributed by atoms with Crippen molar-refractivity contribution in [2.24, 2.45) is 0 Å². The van der Waals surface area contributed by atoms with Gasteiger partial charge in [-0.25, -0.2) is 8.42 Å². The largest absolute Gasteiger partial charge is 0.497 e. The Kier molecular flexibility index (Phi) is 6.41. The molecule has 2 rings (SSSR count). The van der Waals surface area contributed by atoms with Crippen LogP contribution in [-0.4, -0.2) is 34.2 Å². The third-order valence-electron chi connectivity index (χ3n) is 3.55. The van der Waals surface area contributed by atoms with E-state index in [0.29, 0.717) is 12.1 Å². The van der Waals surface area contributed by atoms with Crippen molar-refractivity contribution in [1.29, 1.82) is 0 Å². The van der Waals surface area contributed by atoms with Crippen LogP contribution in [0.3, 0.4) is 0 Å². The van der Waals surface area contributed by atoms with Gasteiger partial charge in [-0.05, 0) is 42.7 Å². The number of amides is 1. The number of methoxy groups -OCH3 is 1. The molecular weight excluding hydrogens is 340 g/mol. The van der Waals surface area contributed by atoms with Crippen LogP contribution in [-0.2, 0) is 16.4 Å². The molecular formula is C18H22N2O4S. The van der Waals surface area contributed by atoms with Crippen LogP contribution in [0.2, 0.25) is 0 Å². The molecule has 0 heterocycles. The van der Waals surface area contributed by atoms with E-state index in [2.05, 4.69) is 10.0 Å². The summed E-state index contributed by atoms with van der Waals surface area (Å²) in [5, 5.41) is 2.82. The standard InChI is InChI=1S/C18H22N2O4S/c1-24-15-11-9-14(10-12-15)6-5-13-19-18(21)16-7-3-4-8-17(16)20-25(2,22)23/h3-4,7-12,20H,5-6,13H2,1-2H3,(H,19,21). The highest BCUT2D eigenvalue weighted by Gasteiger charge is 2.13. The maximum Gasteiger partial charge on any atom is 0.253 e. The predicted octanol–water partition coefficient (Wildman–Crippen LogP) is 2.43. The maximum absolute atomic E-state index is 12.3. The minimum Gasteiger partial charge on any atom is -0.497 e. The minimum absolute atomic E-state index is 0.276. The summed E-state index contributed by atoms with van der Waals surface area (Å²) in [6.45, 7) is 0.498. The molecule has 0 aromatic heterocycles. The van der Waals surface area contributed by atoms with Crippen molar-refractivity contribution in [3.8, 4) is 5.75 Å². The van der Waals surface area contributed by atoms with Crippen LogP contribution in [0.25, 0.3) is 0 Å². The maximum atomic E-state index is 12.3. The van der Waals surface area contributed by atoms with E-state index in [9.17, 15) is 13.2 Å². The van der Waals surface area contributed by atoms with Gasteiger partial charge in [0.2, 0.25) is 10.0 Å². The Balaban J connectivity index is 1.88. The minimum atomic E-state index is -3.44. The van der Waals surface area contributed by atoms with Gasteiger partial charge in [-0.15, -0.1) is 0 Å². The second-order valence-corrected chi connectivity index (χ2v) is 7.38. The summed E-state index contributed by atoms with van der Waals surface area (Å²) in [5.74, 6) is 0.508. The van der Waals surface area contributed by atoms with Gasteiger partial charge in [-0.1, -0.05) is 24.3 Å². The monoisotopic (exact) mass is 362 g/mol. The molecule has 0 fully saturated rings. The quantitative estimate of drug-likeness (QED) is 0.707. The van der Waals surface area contributed by atoms with Crippen molar-refractivity contribution in [3.05, 3.63) is 59.7 Å². The van der Waals surface area contributed by atoms with Crippen molar-refractivity contribution in [1.82, 2.24) is 5.32 Å². The fourth-order valence-corrected chi connectivity index (χ4v) is 2.93. The normalized spacial score (nSPS) is 11.0. The van der Waals surface area contributed by atoms with Gasteiger partial charge in [-0.3, -0.25) is 9.52 Å². The Morgan fingerprint density at radius 2 is 1.76 bits per heavy atom. The van der Waals surface area contributed by atoms with Crippen molar-refractivity contribution < 1.29 is 17.9 Å². The Labute approximate surface area is 148 Å². The van der Waals surface area contributed by atoms with Crippen molar-refractivity contribution in [3.63, 3.8) is 0 Å². The number of aryl methyl sites for hydroxylation is 1. The summed E-state index contributed by atoms with van der Waals surface area (Å²) < 4.78 is 30.2. The first-order chi connectivity index (χ1) is 11.9. The Hall–Kier alpha value is -2.54. The molecule has 0 spiro atoms. The Bertz CT molecular complexity index is 817. The summed E-state index contributed by atoms with van der Waals surface area (Å²) >= 11 is 0. The molecule has 1 amide bonds. The van der Waals surface area contributed by atoms with Crippen LogP contribution in [0.5, 0.6) is 5.75 Å². The topological polar surface area (TPSA) is 84.5 Å². The lowest BCUT2D eigenvalue weighted by atomic mass is 10.1. The van der Waals surface area contributed by atoms with Crippen LogP contribution >= 0.6 is 0 Å². The van der Waals surface area contributed by atoms with Gasteiger partial charge in [0.15, 0.2) is 0 Å². The molecule has 2 N–H and O–H groups in total. The number of carbonyl (C=O) groups is 1. The highest BCUT2D eigenvalue weighted by atomic mass is 32.2. The lowest BCUT2D eigenvalue weighted by Gasteiger charge is -2.11. The number of rotatable bonds is 8. The summed E-state index contributed by atoms with van der Waals surface area (Å²) in [6, 6.07) is 14.3. The van der Waals surface area contributed by atoms with E-state index in [-0.39, 0.29) is 11.6 Å². The van der Waals surface area contributed by atoms with Crippen LogP contribution < -0.4 is 14.8 Å². The fourth-order valence-electron chi connectivity index (χ4n) is 2.35. The number of nitrogens with one attached hydrogen (secondary N) is 2. The zero-order chi connectivity index (χ0) is 18.3. The molecule has 0 aliphatic heterocycles. The van der Waals surface area contributed by atoms with Gasteiger partial charge in [0, 0.05) is 6.54 Å². The average molecular weight is 362 g/mol. The van der Waals surface area contributed by atoms with Crippen molar-refractivity contribution >= 4 is 21.6 Å². The predicted molar refractivity (Wildman–Crippen MR) is 98.6 cm³/mol. The fraction of sp³-hybridized carbons (Fsp3) is 0.278. The second-order valence-electron chi connectivity index (χ2n) is 5.63. The number of ether oxygens (including phenoxy) is 1. The van der Waals surface area contributed by atoms with Crippen molar-refractivity contribution in [2.75, 3.05) is 24.6 Å². The Morgan fingerprint density at radius 1 is 1.08 bits per heavy atom. The molecule has 0 saturated carbocycles. The SMILES string of the molecule is COc1ccc(CCCNC(=O)c2ccccc2NS(C)(=O)=O)cc1. The molecule has 7 heteroatoms. The van der Waals surface area contributed by atoms with Crippen LogP contribution in [0, 0.1) is 0 Å². The van der Waals surface area contributed by atoms with E-state index in [1.165, 1.54) is 0 Å². The van der Waals surface area contributed by atoms with Gasteiger partial charge in [0.05, 0.1) is 24.6 Å². The summed E-state index contributed by atoms with van der Waals surface area (Å²) in [4.78, 5) is 12.3. The van der Waals surface area contributed by atoms with Crippen molar-refractivity contribution in [2.45, 2.75) is 12.8 Å². The zero-order valence-electron chi connectivity index (χ0n) is 14.3. The molecule has 0 aliphatic rings. The highest BCUT2D eigenvalue weighted by molar-refractivity contribution is 7.92.